The molecule has 0 N–H and O–H groups in total. The first-order valence-corrected chi connectivity index (χ1v) is 17.6. The summed E-state index contributed by atoms with van der Waals surface area (Å²) in [6.07, 6.45) is 12.8. The van der Waals surface area contributed by atoms with Crippen LogP contribution in [0.25, 0.3) is 0 Å². The van der Waals surface area contributed by atoms with Gasteiger partial charge in [-0.15, -0.1) is 0 Å². The van der Waals surface area contributed by atoms with Gasteiger partial charge in [-0.1, -0.05) is 65.2 Å². The van der Waals surface area contributed by atoms with Crippen molar-refractivity contribution in [2.75, 3.05) is 119 Å². The lowest BCUT2D eigenvalue weighted by atomic mass is 10.1. The van der Waals surface area contributed by atoms with Crippen LogP contribution in [-0.4, -0.2) is 131 Å². The van der Waals surface area contributed by atoms with E-state index in [2.05, 4.69) is 6.92 Å². The largest absolute Gasteiger partial charge is 0.463 e. The molecule has 0 saturated carbocycles. The zero-order valence-electron chi connectivity index (χ0n) is 29.1. The third-order valence-corrected chi connectivity index (χ3v) is 6.52. The first kappa shape index (κ1) is 44.6. The van der Waals surface area contributed by atoms with E-state index in [9.17, 15) is 9.59 Å². The molecule has 0 aromatic carbocycles. The quantitative estimate of drug-likeness (QED) is 0.0653. The number of esters is 2. The van der Waals surface area contributed by atoms with E-state index in [0.717, 1.165) is 19.3 Å². The van der Waals surface area contributed by atoms with Crippen molar-refractivity contribution in [1.82, 2.24) is 0 Å². The first-order chi connectivity index (χ1) is 22.7. The van der Waals surface area contributed by atoms with Crippen molar-refractivity contribution in [3.63, 3.8) is 0 Å². The van der Waals surface area contributed by atoms with Crippen molar-refractivity contribution in [3.05, 3.63) is 0 Å². The smallest absolute Gasteiger partial charge is 0.305 e. The minimum Gasteiger partial charge on any atom is -0.463 e. The molecule has 0 amide bonds. The molecule has 0 atom stereocenters. The van der Waals surface area contributed by atoms with E-state index in [4.69, 9.17) is 47.4 Å². The van der Waals surface area contributed by atoms with Crippen LogP contribution in [0.4, 0.5) is 0 Å². The molecule has 0 aliphatic carbocycles. The Hall–Kier alpha value is -1.38. The van der Waals surface area contributed by atoms with E-state index in [0.29, 0.717) is 119 Å². The molecule has 12 nitrogen and oxygen atoms in total. The summed E-state index contributed by atoms with van der Waals surface area (Å²) in [5.41, 5.74) is 0. The third kappa shape index (κ3) is 38.8. The van der Waals surface area contributed by atoms with Crippen molar-refractivity contribution in [2.24, 2.45) is 0 Å². The molecular weight excluding hydrogens is 600 g/mol. The second kappa shape index (κ2) is 39.8. The molecule has 12 heteroatoms. The SMILES string of the molecule is CCCCCCCCCCCC(=O)OCCOCCOCCOCCOCCOCCOCCOCCOCCOC(=O)CCC. The van der Waals surface area contributed by atoms with Gasteiger partial charge in [-0.2, -0.15) is 0 Å². The summed E-state index contributed by atoms with van der Waals surface area (Å²) in [6, 6.07) is 0. The summed E-state index contributed by atoms with van der Waals surface area (Å²) >= 11 is 0. The Morgan fingerprint density at radius 2 is 0.565 bits per heavy atom. The molecule has 274 valence electrons. The normalized spacial score (nSPS) is 11.3. The van der Waals surface area contributed by atoms with Gasteiger partial charge in [0, 0.05) is 12.8 Å². The highest BCUT2D eigenvalue weighted by molar-refractivity contribution is 5.69. The molecule has 0 fully saturated rings. The molecule has 0 spiro atoms. The minimum atomic E-state index is -0.189. The Labute approximate surface area is 278 Å². The number of rotatable bonds is 39. The number of hydrogen-bond acceptors (Lipinski definition) is 12. The maximum Gasteiger partial charge on any atom is 0.305 e. The average molecular weight is 667 g/mol. The molecule has 0 aliphatic heterocycles. The molecule has 0 radical (unpaired) electrons. The van der Waals surface area contributed by atoms with Crippen LogP contribution in [0.15, 0.2) is 0 Å². The fraction of sp³-hybridized carbons (Fsp3) is 0.941. The van der Waals surface area contributed by atoms with Crippen molar-refractivity contribution < 1.29 is 57.0 Å². The Bertz CT molecular complexity index is 623. The van der Waals surface area contributed by atoms with E-state index in [-0.39, 0.29) is 25.2 Å². The zero-order chi connectivity index (χ0) is 33.4. The van der Waals surface area contributed by atoms with Gasteiger partial charge >= 0.3 is 11.9 Å². The maximum atomic E-state index is 11.8. The Morgan fingerprint density at radius 1 is 0.304 bits per heavy atom. The minimum absolute atomic E-state index is 0.139. The van der Waals surface area contributed by atoms with Crippen LogP contribution in [0.3, 0.4) is 0 Å². The number of ether oxygens (including phenoxy) is 10. The Balaban J connectivity index is 3.13. The lowest BCUT2D eigenvalue weighted by molar-refractivity contribution is -0.146. The van der Waals surface area contributed by atoms with Crippen molar-refractivity contribution in [3.8, 4) is 0 Å². The average Bonchev–Trinajstić information content (AvgIpc) is 3.05. The van der Waals surface area contributed by atoms with Crippen LogP contribution in [0.2, 0.25) is 0 Å². The molecule has 0 bridgehead atoms. The standard InChI is InChI=1S/C34H66O12/c1-3-5-6-7-8-9-10-11-12-14-34(36)46-32-30-44-28-26-42-24-22-40-20-18-38-16-15-37-17-19-39-21-23-41-25-27-43-29-31-45-33(35)13-4-2/h3-32H2,1-2H3. The lowest BCUT2D eigenvalue weighted by Crippen LogP contribution is -2.15. The van der Waals surface area contributed by atoms with Crippen LogP contribution >= 0.6 is 0 Å². The van der Waals surface area contributed by atoms with Crippen molar-refractivity contribution >= 4 is 11.9 Å². The fourth-order valence-electron chi connectivity index (χ4n) is 4.00. The molecule has 0 unspecified atom stereocenters. The first-order valence-electron chi connectivity index (χ1n) is 17.6. The lowest BCUT2D eigenvalue weighted by Gasteiger charge is -2.09. The van der Waals surface area contributed by atoms with Gasteiger partial charge in [0.1, 0.15) is 13.2 Å². The van der Waals surface area contributed by atoms with Crippen molar-refractivity contribution in [2.45, 2.75) is 90.9 Å². The van der Waals surface area contributed by atoms with Gasteiger partial charge in [0.15, 0.2) is 0 Å². The monoisotopic (exact) mass is 666 g/mol. The topological polar surface area (TPSA) is 126 Å². The summed E-state index contributed by atoms with van der Waals surface area (Å²) in [4.78, 5) is 22.9. The predicted molar refractivity (Wildman–Crippen MR) is 175 cm³/mol. The van der Waals surface area contributed by atoms with E-state index >= 15 is 0 Å². The van der Waals surface area contributed by atoms with Crippen LogP contribution < -0.4 is 0 Å². The molecule has 0 heterocycles. The van der Waals surface area contributed by atoms with Gasteiger partial charge in [0.25, 0.3) is 0 Å². The summed E-state index contributed by atoms with van der Waals surface area (Å²) < 4.78 is 53.7. The van der Waals surface area contributed by atoms with Crippen molar-refractivity contribution in [1.29, 1.82) is 0 Å². The Kier molecular flexibility index (Phi) is 38.6. The number of carbonyl (C=O) groups excluding carboxylic acids is 2. The highest BCUT2D eigenvalue weighted by Gasteiger charge is 2.03. The number of carbonyl (C=O) groups is 2. The predicted octanol–water partition coefficient (Wildman–Crippen LogP) is 4.93. The van der Waals surface area contributed by atoms with Gasteiger partial charge < -0.3 is 47.4 Å². The summed E-state index contributed by atoms with van der Waals surface area (Å²) in [5.74, 6) is -0.328. The molecule has 0 aromatic rings. The van der Waals surface area contributed by atoms with E-state index in [1.165, 1.54) is 44.9 Å². The summed E-state index contributed by atoms with van der Waals surface area (Å²) in [6.45, 7) is 12.2. The number of hydrogen-bond donors (Lipinski definition) is 0. The highest BCUT2D eigenvalue weighted by Crippen LogP contribution is 2.10. The summed E-state index contributed by atoms with van der Waals surface area (Å²) in [5, 5.41) is 0. The summed E-state index contributed by atoms with van der Waals surface area (Å²) in [7, 11) is 0. The fourth-order valence-corrected chi connectivity index (χ4v) is 4.00. The maximum absolute atomic E-state index is 11.8. The second-order valence-corrected chi connectivity index (χ2v) is 10.7. The Morgan fingerprint density at radius 3 is 0.870 bits per heavy atom. The van der Waals surface area contributed by atoms with E-state index in [1.807, 2.05) is 6.92 Å². The highest BCUT2D eigenvalue weighted by atomic mass is 16.6. The molecular formula is C34H66O12. The van der Waals surface area contributed by atoms with E-state index in [1.54, 1.807) is 0 Å². The molecule has 0 rings (SSSR count). The molecule has 0 aromatic heterocycles. The van der Waals surface area contributed by atoms with Gasteiger partial charge in [-0.3, -0.25) is 9.59 Å². The molecule has 46 heavy (non-hydrogen) atoms. The third-order valence-electron chi connectivity index (χ3n) is 6.52. The van der Waals surface area contributed by atoms with Crippen LogP contribution in [0, 0.1) is 0 Å². The van der Waals surface area contributed by atoms with Crippen LogP contribution in [-0.2, 0) is 57.0 Å². The van der Waals surface area contributed by atoms with Crippen LogP contribution in [0.1, 0.15) is 90.9 Å². The molecule has 0 saturated heterocycles. The van der Waals surface area contributed by atoms with Gasteiger partial charge in [-0.25, -0.2) is 0 Å². The zero-order valence-corrected chi connectivity index (χ0v) is 29.1. The van der Waals surface area contributed by atoms with Crippen LogP contribution in [0.5, 0.6) is 0 Å². The number of unbranched alkanes of at least 4 members (excludes halogenated alkanes) is 8. The van der Waals surface area contributed by atoms with Gasteiger partial charge in [0.05, 0.1) is 106 Å². The molecule has 0 aliphatic rings. The second-order valence-electron chi connectivity index (χ2n) is 10.7. The van der Waals surface area contributed by atoms with E-state index < -0.39 is 0 Å². The van der Waals surface area contributed by atoms with Gasteiger partial charge in [0.2, 0.25) is 0 Å². The van der Waals surface area contributed by atoms with Gasteiger partial charge in [-0.05, 0) is 12.8 Å².